The highest BCUT2D eigenvalue weighted by Crippen LogP contribution is 2.23. The van der Waals surface area contributed by atoms with Gasteiger partial charge in [-0.25, -0.2) is 4.98 Å². The minimum atomic E-state index is 0. The molecule has 2 rings (SSSR count). The average Bonchev–Trinajstić information content (AvgIpc) is 2.57. The molecule has 0 atom stereocenters. The molecule has 4 heteroatoms. The van der Waals surface area contributed by atoms with Gasteiger partial charge in [0.15, 0.2) is 0 Å². The van der Waals surface area contributed by atoms with E-state index < -0.39 is 0 Å². The van der Waals surface area contributed by atoms with Gasteiger partial charge in [-0.2, -0.15) is 0 Å². The number of benzene rings is 1. The number of rotatable bonds is 3. The van der Waals surface area contributed by atoms with Gasteiger partial charge in [0.05, 0.1) is 17.6 Å². The number of imidazole rings is 1. The number of halogens is 2. The normalized spacial score (nSPS) is 10.6. The van der Waals surface area contributed by atoms with E-state index in [0.29, 0.717) is 5.92 Å². The van der Waals surface area contributed by atoms with Crippen LogP contribution in [-0.4, -0.2) is 9.55 Å². The zero-order chi connectivity index (χ0) is 11.7. The monoisotopic (exact) mass is 314 g/mol. The van der Waals surface area contributed by atoms with Gasteiger partial charge in [-0.3, -0.25) is 0 Å². The lowest BCUT2D eigenvalue weighted by Crippen LogP contribution is -2.05. The molecule has 0 spiro atoms. The Hall–Kier alpha value is -0.800. The van der Waals surface area contributed by atoms with Crippen LogP contribution in [0, 0.1) is 0 Å². The van der Waals surface area contributed by atoms with E-state index in [-0.39, 0.29) is 12.4 Å². The van der Waals surface area contributed by atoms with E-state index in [9.17, 15) is 0 Å². The van der Waals surface area contributed by atoms with Crippen molar-refractivity contribution in [3.05, 3.63) is 41.2 Å². The van der Waals surface area contributed by atoms with Gasteiger partial charge in [-0.05, 0) is 12.1 Å². The molecular formula is C13H16BrClN2. The molecule has 0 aliphatic heterocycles. The van der Waals surface area contributed by atoms with Gasteiger partial charge >= 0.3 is 0 Å². The Morgan fingerprint density at radius 2 is 2.06 bits per heavy atom. The zero-order valence-electron chi connectivity index (χ0n) is 9.98. The number of para-hydroxylation sites is 2. The van der Waals surface area contributed by atoms with E-state index in [1.807, 2.05) is 12.1 Å². The summed E-state index contributed by atoms with van der Waals surface area (Å²) in [5.41, 5.74) is 2.23. The van der Waals surface area contributed by atoms with Crippen molar-refractivity contribution in [2.45, 2.75) is 26.3 Å². The maximum Gasteiger partial charge on any atom is 0.112 e. The molecule has 0 radical (unpaired) electrons. The van der Waals surface area contributed by atoms with Gasteiger partial charge in [-0.1, -0.05) is 48.5 Å². The second-order valence-corrected chi connectivity index (χ2v) is 5.34. The Kier molecular flexibility index (Phi) is 4.78. The molecule has 1 heterocycles. The van der Waals surface area contributed by atoms with Crippen molar-refractivity contribution < 1.29 is 0 Å². The fourth-order valence-corrected chi connectivity index (χ4v) is 2.12. The first-order chi connectivity index (χ1) is 7.59. The Balaban J connectivity index is 0.00000144. The standard InChI is InChI=1S/C13H15BrN2.ClH/c1-9(2)13-15-11-6-4-5-7-12(11)16(13)8-10(3)14;/h4-7,9H,3,8H2,1-2H3;1H. The summed E-state index contributed by atoms with van der Waals surface area (Å²) < 4.78 is 3.19. The van der Waals surface area contributed by atoms with Crippen LogP contribution in [0.3, 0.4) is 0 Å². The van der Waals surface area contributed by atoms with Crippen molar-refractivity contribution in [1.82, 2.24) is 9.55 Å². The van der Waals surface area contributed by atoms with Crippen molar-refractivity contribution in [3.63, 3.8) is 0 Å². The van der Waals surface area contributed by atoms with Crippen LogP contribution < -0.4 is 0 Å². The summed E-state index contributed by atoms with van der Waals surface area (Å²) in [6.07, 6.45) is 0. The first-order valence-electron chi connectivity index (χ1n) is 5.38. The molecule has 0 amide bonds. The minimum absolute atomic E-state index is 0. The third-order valence-electron chi connectivity index (χ3n) is 2.53. The molecule has 1 aromatic heterocycles. The smallest absolute Gasteiger partial charge is 0.112 e. The summed E-state index contributed by atoms with van der Waals surface area (Å²) in [5.74, 6) is 1.53. The molecule has 92 valence electrons. The molecule has 2 nitrogen and oxygen atoms in total. The summed E-state index contributed by atoms with van der Waals surface area (Å²) in [6.45, 7) is 9.00. The minimum Gasteiger partial charge on any atom is -0.323 e. The van der Waals surface area contributed by atoms with Gasteiger partial charge in [0.2, 0.25) is 0 Å². The fourth-order valence-electron chi connectivity index (χ4n) is 1.87. The van der Waals surface area contributed by atoms with Crippen molar-refractivity contribution in [2.75, 3.05) is 0 Å². The van der Waals surface area contributed by atoms with Crippen molar-refractivity contribution in [1.29, 1.82) is 0 Å². The molecule has 0 aliphatic carbocycles. The van der Waals surface area contributed by atoms with E-state index in [4.69, 9.17) is 0 Å². The quantitative estimate of drug-likeness (QED) is 0.816. The summed E-state index contributed by atoms with van der Waals surface area (Å²) >= 11 is 3.42. The van der Waals surface area contributed by atoms with Gasteiger partial charge in [0, 0.05) is 10.4 Å². The van der Waals surface area contributed by atoms with Gasteiger partial charge in [0.25, 0.3) is 0 Å². The van der Waals surface area contributed by atoms with Gasteiger partial charge < -0.3 is 4.57 Å². The third kappa shape index (κ3) is 2.90. The Morgan fingerprint density at radius 3 is 2.65 bits per heavy atom. The molecule has 0 N–H and O–H groups in total. The van der Waals surface area contributed by atoms with Crippen molar-refractivity contribution in [3.8, 4) is 0 Å². The molecule has 0 bridgehead atoms. The average molecular weight is 316 g/mol. The Bertz CT molecular complexity index is 531. The summed E-state index contributed by atoms with van der Waals surface area (Å²) in [7, 11) is 0. The number of aromatic nitrogens is 2. The van der Waals surface area contributed by atoms with Crippen LogP contribution in [0.25, 0.3) is 11.0 Å². The number of nitrogens with zero attached hydrogens (tertiary/aromatic N) is 2. The van der Waals surface area contributed by atoms with Crippen LogP contribution in [0.5, 0.6) is 0 Å². The molecule has 1 aromatic carbocycles. The van der Waals surface area contributed by atoms with Gasteiger partial charge in [-0.15, -0.1) is 12.4 Å². The highest BCUT2D eigenvalue weighted by Gasteiger charge is 2.12. The lowest BCUT2D eigenvalue weighted by Gasteiger charge is -2.10. The Morgan fingerprint density at radius 1 is 1.41 bits per heavy atom. The molecule has 2 aromatic rings. The SMILES string of the molecule is C=C(Br)Cn1c(C(C)C)nc2ccccc21.Cl. The van der Waals surface area contributed by atoms with Crippen LogP contribution in [0.15, 0.2) is 35.3 Å². The van der Waals surface area contributed by atoms with Gasteiger partial charge in [0.1, 0.15) is 5.82 Å². The fraction of sp³-hybridized carbons (Fsp3) is 0.308. The van der Waals surface area contributed by atoms with Crippen LogP contribution >= 0.6 is 28.3 Å². The van der Waals surface area contributed by atoms with Crippen LogP contribution in [0.2, 0.25) is 0 Å². The number of hydrogen-bond donors (Lipinski definition) is 0. The molecule has 0 unspecified atom stereocenters. The Labute approximate surface area is 116 Å². The highest BCUT2D eigenvalue weighted by atomic mass is 79.9. The zero-order valence-corrected chi connectivity index (χ0v) is 12.4. The largest absolute Gasteiger partial charge is 0.323 e. The van der Waals surface area contributed by atoms with E-state index in [2.05, 4.69) is 58.0 Å². The van der Waals surface area contributed by atoms with E-state index in [0.717, 1.165) is 22.4 Å². The number of fused-ring (bicyclic) bond motifs is 1. The second kappa shape index (κ2) is 5.69. The lowest BCUT2D eigenvalue weighted by atomic mass is 10.2. The first-order valence-corrected chi connectivity index (χ1v) is 6.17. The van der Waals surface area contributed by atoms with E-state index >= 15 is 0 Å². The summed E-state index contributed by atoms with van der Waals surface area (Å²) in [6, 6.07) is 8.22. The molecule has 0 saturated carbocycles. The highest BCUT2D eigenvalue weighted by molar-refractivity contribution is 9.11. The van der Waals surface area contributed by atoms with Crippen molar-refractivity contribution >= 4 is 39.4 Å². The lowest BCUT2D eigenvalue weighted by molar-refractivity contribution is 0.690. The van der Waals surface area contributed by atoms with E-state index in [1.165, 1.54) is 5.52 Å². The predicted molar refractivity (Wildman–Crippen MR) is 79.1 cm³/mol. The molecule has 0 aliphatic rings. The third-order valence-corrected chi connectivity index (χ3v) is 2.78. The number of allylic oxidation sites excluding steroid dienone is 1. The maximum absolute atomic E-state index is 4.67. The van der Waals surface area contributed by atoms with Crippen LogP contribution in [0.4, 0.5) is 0 Å². The molecular weight excluding hydrogens is 300 g/mol. The first kappa shape index (κ1) is 14.3. The van der Waals surface area contributed by atoms with E-state index in [1.54, 1.807) is 0 Å². The number of hydrogen-bond acceptors (Lipinski definition) is 1. The molecule has 0 fully saturated rings. The molecule has 0 saturated heterocycles. The predicted octanol–water partition coefficient (Wildman–Crippen LogP) is 4.49. The molecule has 17 heavy (non-hydrogen) atoms. The maximum atomic E-state index is 4.67. The van der Waals surface area contributed by atoms with Crippen LogP contribution in [-0.2, 0) is 6.54 Å². The summed E-state index contributed by atoms with van der Waals surface area (Å²) in [5, 5.41) is 0. The summed E-state index contributed by atoms with van der Waals surface area (Å²) in [4.78, 5) is 4.67. The topological polar surface area (TPSA) is 17.8 Å². The van der Waals surface area contributed by atoms with Crippen molar-refractivity contribution in [2.24, 2.45) is 0 Å². The second-order valence-electron chi connectivity index (χ2n) is 4.22. The van der Waals surface area contributed by atoms with Crippen LogP contribution in [0.1, 0.15) is 25.6 Å².